The fraction of sp³-hybridized carbons (Fsp3) is 0.0588. The average molecular weight is 1390 g/mol. The molecule has 504 valence electrons. The van der Waals surface area contributed by atoms with Gasteiger partial charge in [0.25, 0.3) is 0 Å². The predicted molar refractivity (Wildman–Crippen MR) is 456 cm³/mol. The van der Waals surface area contributed by atoms with Crippen molar-refractivity contribution >= 4 is 97.1 Å². The summed E-state index contributed by atoms with van der Waals surface area (Å²) in [5.74, 6) is 0. The van der Waals surface area contributed by atoms with Crippen molar-refractivity contribution in [3.05, 3.63) is 398 Å². The molecule has 16 aromatic carbocycles. The topological polar surface area (TPSA) is 6.48 Å². The van der Waals surface area contributed by atoms with E-state index in [0.717, 1.165) is 34.1 Å². The minimum atomic E-state index is -0.136. The molecule has 0 amide bonds. The minimum Gasteiger partial charge on any atom is -0.310 e. The summed E-state index contributed by atoms with van der Waals surface area (Å²) in [6.07, 6.45) is 0. The van der Waals surface area contributed by atoms with E-state index in [4.69, 9.17) is 0 Å². The molecule has 2 aliphatic carbocycles. The largest absolute Gasteiger partial charge is 0.310 e. The fourth-order valence-electron chi connectivity index (χ4n) is 16.6. The molecule has 0 radical (unpaired) electrons. The second-order valence-corrected chi connectivity index (χ2v) is 31.3. The summed E-state index contributed by atoms with van der Waals surface area (Å²) >= 11 is 3.75. The summed E-state index contributed by atoms with van der Waals surface area (Å²) in [5.41, 5.74) is 32.2. The molecule has 0 atom stereocenters. The molecule has 0 saturated heterocycles. The van der Waals surface area contributed by atoms with Gasteiger partial charge in [-0.3, -0.25) is 0 Å². The zero-order chi connectivity index (χ0) is 71.0. The van der Waals surface area contributed by atoms with Crippen molar-refractivity contribution in [2.75, 3.05) is 9.80 Å². The van der Waals surface area contributed by atoms with Gasteiger partial charge in [-0.1, -0.05) is 289 Å². The van der Waals surface area contributed by atoms with E-state index in [-0.39, 0.29) is 10.8 Å². The van der Waals surface area contributed by atoms with Gasteiger partial charge in [-0.25, -0.2) is 0 Å². The standard InChI is InChI=1S/2C51H37NS/c1-51(2)47-32-37(34-13-5-3-6-14-34)25-29-43(47)44-30-28-41(33-48(44)51)52(39-17-7-4-8-18-39)40-26-23-35(24-27-40)36-15-11-16-38(31-36)42-20-12-21-46-45-19-9-10-22-49(45)53-50(42)46;1-51(2)47-31-38(34-12-5-3-6-13-34)22-27-43(47)44-29-26-42(33-48(44)51)52(40-16-7-4-8-17-40)41-24-20-35(21-25-41)36-14-11-15-37(30-36)39-23-28-46-45-18-9-10-19-49(45)53-50(46)32-39/h2*3-33H,1-2H3. The van der Waals surface area contributed by atoms with Crippen LogP contribution in [0.3, 0.4) is 0 Å². The van der Waals surface area contributed by atoms with E-state index in [1.807, 2.05) is 22.7 Å². The first-order valence-electron chi connectivity index (χ1n) is 36.7. The Kier molecular flexibility index (Phi) is 16.0. The third-order valence-electron chi connectivity index (χ3n) is 22.1. The lowest BCUT2D eigenvalue weighted by atomic mass is 9.81. The maximum atomic E-state index is 2.41. The van der Waals surface area contributed by atoms with Crippen molar-refractivity contribution in [3.63, 3.8) is 0 Å². The molecule has 0 aliphatic heterocycles. The van der Waals surface area contributed by atoms with E-state index < -0.39 is 0 Å². The van der Waals surface area contributed by atoms with Crippen molar-refractivity contribution in [2.24, 2.45) is 0 Å². The molecule has 2 aliphatic rings. The number of hydrogen-bond donors (Lipinski definition) is 0. The maximum Gasteiger partial charge on any atom is 0.0465 e. The van der Waals surface area contributed by atoms with Gasteiger partial charge in [0.05, 0.1) is 0 Å². The lowest BCUT2D eigenvalue weighted by Crippen LogP contribution is -2.16. The van der Waals surface area contributed by atoms with Gasteiger partial charge in [-0.05, 0) is 227 Å². The maximum absolute atomic E-state index is 2.41. The van der Waals surface area contributed by atoms with Crippen LogP contribution in [-0.4, -0.2) is 0 Å². The monoisotopic (exact) mass is 1390 g/mol. The molecule has 2 nitrogen and oxygen atoms in total. The van der Waals surface area contributed by atoms with Gasteiger partial charge in [0.15, 0.2) is 0 Å². The Balaban J connectivity index is 0.000000145. The molecule has 0 spiro atoms. The van der Waals surface area contributed by atoms with Crippen LogP contribution < -0.4 is 9.80 Å². The van der Waals surface area contributed by atoms with Gasteiger partial charge < -0.3 is 9.80 Å². The summed E-state index contributed by atoms with van der Waals surface area (Å²) in [5, 5.41) is 5.33. The Morgan fingerprint density at radius 2 is 0.500 bits per heavy atom. The normalized spacial score (nSPS) is 12.9. The Hall–Kier alpha value is -12.4. The predicted octanol–water partition coefficient (Wildman–Crippen LogP) is 29.7. The van der Waals surface area contributed by atoms with E-state index in [1.54, 1.807) is 0 Å². The van der Waals surface area contributed by atoms with Gasteiger partial charge in [-0.2, -0.15) is 0 Å². The van der Waals surface area contributed by atoms with E-state index in [2.05, 4.69) is 414 Å². The highest BCUT2D eigenvalue weighted by molar-refractivity contribution is 7.26. The highest BCUT2D eigenvalue weighted by atomic mass is 32.1. The quantitative estimate of drug-likeness (QED) is 0.120. The van der Waals surface area contributed by atoms with Gasteiger partial charge in [0.1, 0.15) is 0 Å². The van der Waals surface area contributed by atoms with Gasteiger partial charge in [0.2, 0.25) is 0 Å². The molecule has 0 N–H and O–H groups in total. The van der Waals surface area contributed by atoms with Crippen LogP contribution in [0.25, 0.3) is 129 Å². The Labute approximate surface area is 628 Å². The van der Waals surface area contributed by atoms with Crippen LogP contribution in [0.2, 0.25) is 0 Å². The molecule has 18 aromatic rings. The van der Waals surface area contributed by atoms with Gasteiger partial charge in [0, 0.05) is 85.3 Å². The summed E-state index contributed by atoms with van der Waals surface area (Å²) in [6, 6.07) is 138. The van der Waals surface area contributed by atoms with Crippen LogP contribution in [-0.2, 0) is 10.8 Å². The number of rotatable bonds is 12. The number of benzene rings is 16. The van der Waals surface area contributed by atoms with Crippen LogP contribution >= 0.6 is 22.7 Å². The SMILES string of the molecule is CC1(C)c2cc(-c3ccccc3)ccc2-c2ccc(N(c3ccccc3)c3ccc(-c4cccc(-c5ccc6c(c5)sc5ccccc56)c4)cc3)cc21.CC1(C)c2cc(-c3ccccc3)ccc2-c2ccc(N(c3ccccc3)c3ccc(-c4cccc(-c5cccc6c5sc5ccccc56)c4)cc3)cc21. The number of nitrogens with zero attached hydrogens (tertiary/aromatic N) is 2. The van der Waals surface area contributed by atoms with Crippen LogP contribution in [0.1, 0.15) is 49.9 Å². The zero-order valence-corrected chi connectivity index (χ0v) is 61.1. The summed E-state index contributed by atoms with van der Waals surface area (Å²) < 4.78 is 5.34. The van der Waals surface area contributed by atoms with Crippen molar-refractivity contribution < 1.29 is 0 Å². The van der Waals surface area contributed by atoms with Gasteiger partial charge in [-0.15, -0.1) is 22.7 Å². The van der Waals surface area contributed by atoms with Crippen LogP contribution in [0, 0.1) is 0 Å². The number of para-hydroxylation sites is 2. The third-order valence-corrected chi connectivity index (χ3v) is 24.5. The molecule has 2 heterocycles. The highest BCUT2D eigenvalue weighted by Crippen LogP contribution is 2.54. The number of hydrogen-bond acceptors (Lipinski definition) is 4. The van der Waals surface area contributed by atoms with Crippen LogP contribution in [0.15, 0.2) is 376 Å². The number of thiophene rings is 2. The van der Waals surface area contributed by atoms with E-state index in [9.17, 15) is 0 Å². The van der Waals surface area contributed by atoms with Gasteiger partial charge >= 0.3 is 0 Å². The second-order valence-electron chi connectivity index (χ2n) is 29.1. The molecule has 0 unspecified atom stereocenters. The van der Waals surface area contributed by atoms with Crippen molar-refractivity contribution in [1.29, 1.82) is 0 Å². The first-order valence-corrected chi connectivity index (χ1v) is 38.3. The minimum absolute atomic E-state index is 0.135. The summed E-state index contributed by atoms with van der Waals surface area (Å²) in [6.45, 7) is 9.47. The molecule has 2 aromatic heterocycles. The lowest BCUT2D eigenvalue weighted by molar-refractivity contribution is 0.660. The lowest BCUT2D eigenvalue weighted by Gasteiger charge is -2.28. The fourth-order valence-corrected chi connectivity index (χ4v) is 19.0. The zero-order valence-electron chi connectivity index (χ0n) is 59.5. The molecule has 0 fully saturated rings. The molecule has 0 saturated carbocycles. The molecule has 20 rings (SSSR count). The summed E-state index contributed by atoms with van der Waals surface area (Å²) in [7, 11) is 0. The van der Waals surface area contributed by atoms with Crippen molar-refractivity contribution in [3.8, 4) is 89.0 Å². The van der Waals surface area contributed by atoms with Crippen molar-refractivity contribution in [2.45, 2.75) is 38.5 Å². The van der Waals surface area contributed by atoms with Crippen molar-refractivity contribution in [1.82, 2.24) is 0 Å². The summed E-state index contributed by atoms with van der Waals surface area (Å²) in [4.78, 5) is 4.77. The number of anilines is 6. The highest BCUT2D eigenvalue weighted by Gasteiger charge is 2.38. The molecular formula is C102H74N2S2. The Morgan fingerprint density at radius 3 is 1.01 bits per heavy atom. The first kappa shape index (κ1) is 64.4. The smallest absolute Gasteiger partial charge is 0.0465 e. The molecular weight excluding hydrogens is 1320 g/mol. The molecule has 4 heteroatoms. The molecule has 106 heavy (non-hydrogen) atoms. The Morgan fingerprint density at radius 1 is 0.189 bits per heavy atom. The Bertz CT molecular complexity index is 6370. The van der Waals surface area contributed by atoms with Crippen LogP contribution in [0.5, 0.6) is 0 Å². The second kappa shape index (κ2) is 26.4. The van der Waals surface area contributed by atoms with E-state index in [0.29, 0.717) is 0 Å². The number of fused-ring (bicyclic) bond motifs is 12. The van der Waals surface area contributed by atoms with Crippen LogP contribution in [0.4, 0.5) is 34.1 Å². The van der Waals surface area contributed by atoms with E-state index >= 15 is 0 Å². The average Bonchev–Trinajstić information content (AvgIpc) is 1.57. The first-order chi connectivity index (χ1) is 52.0. The molecule has 0 bridgehead atoms. The van der Waals surface area contributed by atoms with E-state index in [1.165, 1.54) is 152 Å². The third kappa shape index (κ3) is 11.4.